The Morgan fingerprint density at radius 3 is 2.89 bits per heavy atom. The quantitative estimate of drug-likeness (QED) is 0.287. The summed E-state index contributed by atoms with van der Waals surface area (Å²) in [6, 6.07) is 0.666. The molecule has 0 heterocycles. The average molecular weight is 271 g/mol. The Labute approximate surface area is 114 Å². The predicted octanol–water partition coefficient (Wildman–Crippen LogP) is 2.17. The van der Waals surface area contributed by atoms with E-state index in [0.717, 1.165) is 18.2 Å². The average Bonchev–Trinajstić information content (AvgIpc) is 2.98. The molecule has 2 atom stereocenters. The zero-order chi connectivity index (χ0) is 13.0. The highest BCUT2D eigenvalue weighted by atomic mass is 32.2. The lowest BCUT2D eigenvalue weighted by Gasteiger charge is -2.23. The highest BCUT2D eigenvalue weighted by Gasteiger charge is 2.44. The molecule has 0 spiro atoms. The first-order valence-electron chi connectivity index (χ1n) is 7.00. The molecule has 2 unspecified atom stereocenters. The number of oxime groups is 1. The molecule has 2 fully saturated rings. The fourth-order valence-corrected chi connectivity index (χ4v) is 4.16. The fraction of sp³-hybridized carbons (Fsp3) is 0.923. The van der Waals surface area contributed by atoms with Crippen molar-refractivity contribution >= 4 is 17.6 Å². The minimum absolute atomic E-state index is 0.278. The van der Waals surface area contributed by atoms with Crippen LogP contribution in [0.15, 0.2) is 5.16 Å². The van der Waals surface area contributed by atoms with Crippen LogP contribution in [0.4, 0.5) is 0 Å². The second-order valence-corrected chi connectivity index (χ2v) is 7.20. The van der Waals surface area contributed by atoms with Gasteiger partial charge in [-0.05, 0) is 36.9 Å². The van der Waals surface area contributed by atoms with E-state index in [9.17, 15) is 0 Å². The van der Waals surface area contributed by atoms with Crippen LogP contribution in [-0.4, -0.2) is 34.6 Å². The Bertz CT molecular complexity index is 305. The summed E-state index contributed by atoms with van der Waals surface area (Å²) in [4.78, 5) is 0. The van der Waals surface area contributed by atoms with Crippen molar-refractivity contribution in [3.05, 3.63) is 0 Å². The molecule has 4 nitrogen and oxygen atoms in total. The molecule has 2 saturated carbocycles. The third-order valence-corrected chi connectivity index (χ3v) is 5.54. The van der Waals surface area contributed by atoms with E-state index in [1.165, 1.54) is 37.9 Å². The van der Waals surface area contributed by atoms with E-state index in [4.69, 9.17) is 10.9 Å². The summed E-state index contributed by atoms with van der Waals surface area (Å²) >= 11 is 2.09. The van der Waals surface area contributed by atoms with Crippen LogP contribution in [0, 0.1) is 5.41 Å². The number of hydrogen-bond donors (Lipinski definition) is 3. The van der Waals surface area contributed by atoms with Crippen molar-refractivity contribution in [2.45, 2.75) is 56.7 Å². The number of nitrogens with two attached hydrogens (primary N) is 1. The van der Waals surface area contributed by atoms with E-state index in [1.54, 1.807) is 0 Å². The van der Waals surface area contributed by atoms with Crippen molar-refractivity contribution < 1.29 is 5.21 Å². The fourth-order valence-electron chi connectivity index (χ4n) is 2.93. The van der Waals surface area contributed by atoms with Crippen molar-refractivity contribution in [2.75, 3.05) is 12.3 Å². The SMILES string of the molecule is CCSC1CCCC1NCC1(CC(N)=NO)CC1. The van der Waals surface area contributed by atoms with Crippen LogP contribution < -0.4 is 11.1 Å². The molecule has 5 heteroatoms. The molecular weight excluding hydrogens is 246 g/mol. The molecule has 104 valence electrons. The number of hydrogen-bond acceptors (Lipinski definition) is 4. The molecule has 0 saturated heterocycles. The zero-order valence-corrected chi connectivity index (χ0v) is 12.0. The largest absolute Gasteiger partial charge is 0.409 e. The number of nitrogens with zero attached hydrogens (tertiary/aromatic N) is 1. The minimum Gasteiger partial charge on any atom is -0.409 e. The third kappa shape index (κ3) is 3.54. The van der Waals surface area contributed by atoms with Crippen molar-refractivity contribution in [1.29, 1.82) is 0 Å². The summed E-state index contributed by atoms with van der Waals surface area (Å²) in [7, 11) is 0. The van der Waals surface area contributed by atoms with Crippen molar-refractivity contribution in [2.24, 2.45) is 16.3 Å². The van der Waals surface area contributed by atoms with Gasteiger partial charge in [0.2, 0.25) is 0 Å². The maximum Gasteiger partial charge on any atom is 0.139 e. The van der Waals surface area contributed by atoms with E-state index < -0.39 is 0 Å². The Morgan fingerprint density at radius 1 is 1.50 bits per heavy atom. The van der Waals surface area contributed by atoms with E-state index in [0.29, 0.717) is 11.9 Å². The normalized spacial score (nSPS) is 30.6. The van der Waals surface area contributed by atoms with Crippen LogP contribution in [0.2, 0.25) is 0 Å². The first kappa shape index (κ1) is 14.0. The molecule has 0 bridgehead atoms. The van der Waals surface area contributed by atoms with Gasteiger partial charge >= 0.3 is 0 Å². The molecule has 2 aliphatic carbocycles. The molecule has 0 aromatic heterocycles. The van der Waals surface area contributed by atoms with Crippen LogP contribution in [0.25, 0.3) is 0 Å². The molecule has 4 N–H and O–H groups in total. The van der Waals surface area contributed by atoms with E-state index in [-0.39, 0.29) is 5.41 Å². The summed E-state index contributed by atoms with van der Waals surface area (Å²) in [6.07, 6.45) is 7.14. The first-order chi connectivity index (χ1) is 8.69. The van der Waals surface area contributed by atoms with Gasteiger partial charge in [0.1, 0.15) is 5.84 Å². The highest BCUT2D eigenvalue weighted by Crippen LogP contribution is 2.48. The summed E-state index contributed by atoms with van der Waals surface area (Å²) in [5.74, 6) is 1.58. The van der Waals surface area contributed by atoms with Crippen LogP contribution in [0.3, 0.4) is 0 Å². The van der Waals surface area contributed by atoms with Gasteiger partial charge < -0.3 is 16.3 Å². The number of nitrogens with one attached hydrogen (secondary N) is 1. The standard InChI is InChI=1S/C13H25N3OS/c1-2-18-11-5-3-4-10(11)15-9-13(6-7-13)8-12(14)16-17/h10-11,15,17H,2-9H2,1H3,(H2,14,16). The van der Waals surface area contributed by atoms with Crippen LogP contribution in [-0.2, 0) is 0 Å². The second-order valence-electron chi connectivity index (χ2n) is 5.68. The Hall–Kier alpha value is -0.420. The molecular formula is C13H25N3OS. The maximum atomic E-state index is 8.66. The van der Waals surface area contributed by atoms with Gasteiger partial charge in [0.25, 0.3) is 0 Å². The topological polar surface area (TPSA) is 70.6 Å². The molecule has 2 aliphatic rings. The second kappa shape index (κ2) is 6.15. The Kier molecular flexibility index (Phi) is 4.78. The van der Waals surface area contributed by atoms with Gasteiger partial charge in [-0.3, -0.25) is 0 Å². The lowest BCUT2D eigenvalue weighted by atomic mass is 10.0. The van der Waals surface area contributed by atoms with E-state index in [1.807, 2.05) is 0 Å². The minimum atomic E-state index is 0.278. The molecule has 0 amide bonds. The smallest absolute Gasteiger partial charge is 0.139 e. The molecule has 2 rings (SSSR count). The highest BCUT2D eigenvalue weighted by molar-refractivity contribution is 7.99. The lowest BCUT2D eigenvalue weighted by Crippen LogP contribution is -2.39. The molecule has 0 aromatic rings. The molecule has 0 aliphatic heterocycles. The molecule has 18 heavy (non-hydrogen) atoms. The summed E-state index contributed by atoms with van der Waals surface area (Å²) < 4.78 is 0. The van der Waals surface area contributed by atoms with Gasteiger partial charge in [-0.25, -0.2) is 0 Å². The number of rotatable bonds is 7. The summed E-state index contributed by atoms with van der Waals surface area (Å²) in [6.45, 7) is 3.26. The Balaban J connectivity index is 1.77. The van der Waals surface area contributed by atoms with Crippen LogP contribution in [0.1, 0.15) is 45.4 Å². The van der Waals surface area contributed by atoms with Crippen LogP contribution in [0.5, 0.6) is 0 Å². The first-order valence-corrected chi connectivity index (χ1v) is 8.05. The van der Waals surface area contributed by atoms with Gasteiger partial charge in [0.15, 0.2) is 0 Å². The maximum absolute atomic E-state index is 8.66. The Morgan fingerprint density at radius 2 is 2.28 bits per heavy atom. The lowest BCUT2D eigenvalue weighted by molar-refractivity contribution is 0.313. The number of amidine groups is 1. The third-order valence-electron chi connectivity index (χ3n) is 4.21. The molecule has 0 aromatic carbocycles. The van der Waals surface area contributed by atoms with Gasteiger partial charge in [-0.15, -0.1) is 0 Å². The van der Waals surface area contributed by atoms with Gasteiger partial charge in [0.05, 0.1) is 0 Å². The molecule has 0 radical (unpaired) electrons. The zero-order valence-electron chi connectivity index (χ0n) is 11.2. The van der Waals surface area contributed by atoms with Gasteiger partial charge in [-0.1, -0.05) is 18.5 Å². The van der Waals surface area contributed by atoms with Crippen LogP contribution >= 0.6 is 11.8 Å². The monoisotopic (exact) mass is 271 g/mol. The summed E-state index contributed by atoms with van der Waals surface area (Å²) in [5.41, 5.74) is 5.90. The number of thioether (sulfide) groups is 1. The van der Waals surface area contributed by atoms with Crippen molar-refractivity contribution in [3.8, 4) is 0 Å². The van der Waals surface area contributed by atoms with Gasteiger partial charge in [-0.2, -0.15) is 11.8 Å². The predicted molar refractivity (Wildman–Crippen MR) is 77.3 cm³/mol. The van der Waals surface area contributed by atoms with Crippen molar-refractivity contribution in [3.63, 3.8) is 0 Å². The van der Waals surface area contributed by atoms with E-state index in [2.05, 4.69) is 29.2 Å². The summed E-state index contributed by atoms with van der Waals surface area (Å²) in [5, 5.41) is 16.3. The van der Waals surface area contributed by atoms with Crippen molar-refractivity contribution in [1.82, 2.24) is 5.32 Å². The van der Waals surface area contributed by atoms with Gasteiger partial charge in [0, 0.05) is 24.3 Å². The van der Waals surface area contributed by atoms with E-state index >= 15 is 0 Å².